The molecule has 1 N–H and O–H groups in total. The Morgan fingerprint density at radius 3 is 2.73 bits per heavy atom. The molecule has 0 bridgehead atoms. The van der Waals surface area contributed by atoms with Crippen LogP contribution >= 0.6 is 0 Å². The van der Waals surface area contributed by atoms with Crippen LogP contribution < -0.4 is 5.56 Å². The van der Waals surface area contributed by atoms with Crippen LogP contribution in [0.4, 0.5) is 17.6 Å². The predicted molar refractivity (Wildman–Crippen MR) is 70.9 cm³/mol. The van der Waals surface area contributed by atoms with Gasteiger partial charge in [-0.05, 0) is 12.1 Å². The Morgan fingerprint density at radius 2 is 2.00 bits per heavy atom. The molecule has 8 heteroatoms. The first-order valence-corrected chi connectivity index (χ1v) is 6.25. The Hall–Kier alpha value is -2.64. The van der Waals surface area contributed by atoms with Crippen LogP contribution in [0.15, 0.2) is 41.6 Å². The summed E-state index contributed by atoms with van der Waals surface area (Å²) in [6.07, 6.45) is -2.08. The second kappa shape index (κ2) is 4.97. The summed E-state index contributed by atoms with van der Waals surface area (Å²) in [6.45, 7) is -0.337. The van der Waals surface area contributed by atoms with Gasteiger partial charge in [0.1, 0.15) is 11.3 Å². The Morgan fingerprint density at radius 1 is 1.23 bits per heavy atom. The molecule has 0 atom stereocenters. The van der Waals surface area contributed by atoms with Gasteiger partial charge in [-0.1, -0.05) is 12.1 Å². The highest BCUT2D eigenvalue weighted by atomic mass is 19.4. The van der Waals surface area contributed by atoms with Gasteiger partial charge in [0.25, 0.3) is 5.56 Å². The molecule has 22 heavy (non-hydrogen) atoms. The van der Waals surface area contributed by atoms with Crippen LogP contribution in [0.1, 0.15) is 11.1 Å². The van der Waals surface area contributed by atoms with E-state index >= 15 is 0 Å². The lowest BCUT2D eigenvalue weighted by molar-refractivity contribution is -0.140. The minimum absolute atomic E-state index is 0.217. The van der Waals surface area contributed by atoms with E-state index < -0.39 is 23.1 Å². The lowest BCUT2D eigenvalue weighted by Crippen LogP contribution is -2.22. The molecule has 0 saturated heterocycles. The first-order chi connectivity index (χ1) is 10.4. The van der Waals surface area contributed by atoms with Crippen molar-refractivity contribution in [2.45, 2.75) is 12.7 Å². The van der Waals surface area contributed by atoms with E-state index in [0.717, 1.165) is 10.6 Å². The van der Waals surface area contributed by atoms with Crippen molar-refractivity contribution in [1.29, 1.82) is 0 Å². The van der Waals surface area contributed by atoms with E-state index in [1.807, 2.05) is 0 Å². The highest BCUT2D eigenvalue weighted by Crippen LogP contribution is 2.32. The fraction of sp³-hybridized carbons (Fsp3) is 0.143. The summed E-state index contributed by atoms with van der Waals surface area (Å²) in [7, 11) is 0. The number of aromatic nitrogens is 3. The molecular weight excluding hydrogens is 302 g/mol. The summed E-state index contributed by atoms with van der Waals surface area (Å²) in [6, 6.07) is 4.56. The zero-order valence-electron chi connectivity index (χ0n) is 11.0. The summed E-state index contributed by atoms with van der Waals surface area (Å²) in [5.41, 5.74) is -1.41. The monoisotopic (exact) mass is 311 g/mol. The van der Waals surface area contributed by atoms with E-state index in [1.54, 1.807) is 6.07 Å². The summed E-state index contributed by atoms with van der Waals surface area (Å²) >= 11 is 0. The van der Waals surface area contributed by atoms with Gasteiger partial charge in [-0.3, -0.25) is 9.36 Å². The molecule has 3 rings (SSSR count). The lowest BCUT2D eigenvalue weighted by atomic mass is 10.1. The number of benzene rings is 1. The topological polar surface area (TPSA) is 50.7 Å². The van der Waals surface area contributed by atoms with Crippen LogP contribution in [0.3, 0.4) is 0 Å². The zero-order valence-corrected chi connectivity index (χ0v) is 11.0. The molecule has 1 aromatic carbocycles. The summed E-state index contributed by atoms with van der Waals surface area (Å²) in [4.78, 5) is 18.8. The highest BCUT2D eigenvalue weighted by molar-refractivity contribution is 5.73. The van der Waals surface area contributed by atoms with Gasteiger partial charge in [0, 0.05) is 11.8 Å². The predicted octanol–water partition coefficient (Wildman–Crippen LogP) is 2.93. The molecule has 0 saturated carbocycles. The molecule has 4 nitrogen and oxygen atoms in total. The summed E-state index contributed by atoms with van der Waals surface area (Å²) < 4.78 is 53.1. The number of rotatable bonds is 2. The highest BCUT2D eigenvalue weighted by Gasteiger charge is 2.34. The van der Waals surface area contributed by atoms with Gasteiger partial charge in [0.15, 0.2) is 0 Å². The van der Waals surface area contributed by atoms with E-state index in [1.165, 1.54) is 18.6 Å². The quantitative estimate of drug-likeness (QED) is 0.740. The fourth-order valence-corrected chi connectivity index (χ4v) is 2.19. The van der Waals surface area contributed by atoms with Crippen molar-refractivity contribution in [2.24, 2.45) is 0 Å². The number of nitrogens with one attached hydrogen (secondary N) is 1. The summed E-state index contributed by atoms with van der Waals surface area (Å²) in [5.74, 6) is -1.38. The van der Waals surface area contributed by atoms with Crippen molar-refractivity contribution in [3.8, 4) is 0 Å². The normalized spacial score (nSPS) is 12.0. The van der Waals surface area contributed by atoms with Crippen LogP contribution in [-0.2, 0) is 12.7 Å². The maximum absolute atomic E-state index is 14.0. The van der Waals surface area contributed by atoms with Crippen molar-refractivity contribution >= 4 is 11.0 Å². The molecule has 2 heterocycles. The number of hydrogen-bond acceptors (Lipinski definition) is 2. The van der Waals surface area contributed by atoms with Crippen LogP contribution in [0.5, 0.6) is 0 Å². The molecule has 0 aliphatic heterocycles. The average Bonchev–Trinajstić information content (AvgIpc) is 2.92. The van der Waals surface area contributed by atoms with Gasteiger partial charge in [0.05, 0.1) is 24.0 Å². The van der Waals surface area contributed by atoms with Crippen LogP contribution in [0.2, 0.25) is 0 Å². The van der Waals surface area contributed by atoms with E-state index in [4.69, 9.17) is 0 Å². The van der Waals surface area contributed by atoms with Gasteiger partial charge < -0.3 is 4.98 Å². The Bertz CT molecular complexity index is 895. The molecule has 114 valence electrons. The van der Waals surface area contributed by atoms with Gasteiger partial charge in [0.2, 0.25) is 0 Å². The lowest BCUT2D eigenvalue weighted by Gasteiger charge is -2.12. The van der Waals surface area contributed by atoms with Gasteiger partial charge in [-0.15, -0.1) is 0 Å². The van der Waals surface area contributed by atoms with E-state index in [-0.39, 0.29) is 17.6 Å². The van der Waals surface area contributed by atoms with E-state index in [9.17, 15) is 22.4 Å². The Kier molecular flexibility index (Phi) is 3.23. The molecule has 0 amide bonds. The van der Waals surface area contributed by atoms with Gasteiger partial charge in [-0.2, -0.15) is 13.2 Å². The van der Waals surface area contributed by atoms with Crippen molar-refractivity contribution in [3.05, 3.63) is 64.1 Å². The third kappa shape index (κ3) is 2.36. The minimum Gasteiger partial charge on any atom is -0.355 e. The van der Waals surface area contributed by atoms with E-state index in [0.29, 0.717) is 11.6 Å². The van der Waals surface area contributed by atoms with Crippen LogP contribution in [0, 0.1) is 5.82 Å². The van der Waals surface area contributed by atoms with Crippen molar-refractivity contribution in [3.63, 3.8) is 0 Å². The molecule has 2 aromatic heterocycles. The van der Waals surface area contributed by atoms with Crippen molar-refractivity contribution in [2.75, 3.05) is 0 Å². The maximum Gasteiger partial charge on any atom is 0.419 e. The van der Waals surface area contributed by atoms with Crippen molar-refractivity contribution < 1.29 is 17.6 Å². The molecule has 0 aliphatic carbocycles. The molecular formula is C14H9F4N3O. The number of alkyl halides is 3. The molecule has 0 unspecified atom stereocenters. The third-order valence-electron chi connectivity index (χ3n) is 3.26. The van der Waals surface area contributed by atoms with Crippen LogP contribution in [-0.4, -0.2) is 14.5 Å². The van der Waals surface area contributed by atoms with E-state index in [2.05, 4.69) is 9.97 Å². The number of fused-ring (bicyclic) bond motifs is 1. The number of halogens is 4. The maximum atomic E-state index is 14.0. The SMILES string of the molecule is O=c1c2[nH]ccc2ncn1Cc1cccc(C(F)(F)F)c1F. The first-order valence-electron chi connectivity index (χ1n) is 6.25. The first kappa shape index (κ1) is 14.3. The van der Waals surface area contributed by atoms with Gasteiger partial charge >= 0.3 is 6.18 Å². The Balaban J connectivity index is 2.06. The molecule has 0 fully saturated rings. The Labute approximate surface area is 121 Å². The number of nitrogens with zero attached hydrogens (tertiary/aromatic N) is 2. The molecule has 0 aliphatic rings. The third-order valence-corrected chi connectivity index (χ3v) is 3.26. The van der Waals surface area contributed by atoms with Gasteiger partial charge in [-0.25, -0.2) is 9.37 Å². The zero-order chi connectivity index (χ0) is 15.9. The standard InChI is InChI=1S/C14H9F4N3O/c15-11-8(2-1-3-9(11)14(16,17)18)6-21-7-20-10-4-5-19-12(10)13(21)22/h1-5,7,19H,6H2. The number of hydrogen-bond donors (Lipinski definition) is 1. The number of aromatic amines is 1. The molecule has 3 aromatic rings. The molecule has 0 radical (unpaired) electrons. The second-order valence-electron chi connectivity index (χ2n) is 4.69. The smallest absolute Gasteiger partial charge is 0.355 e. The minimum atomic E-state index is -4.79. The molecule has 0 spiro atoms. The summed E-state index contributed by atoms with van der Waals surface area (Å²) in [5, 5.41) is 0. The van der Waals surface area contributed by atoms with Crippen molar-refractivity contribution in [1.82, 2.24) is 14.5 Å². The second-order valence-corrected chi connectivity index (χ2v) is 4.69. The van der Waals surface area contributed by atoms with Crippen LogP contribution in [0.25, 0.3) is 11.0 Å². The largest absolute Gasteiger partial charge is 0.419 e. The average molecular weight is 311 g/mol. The number of H-pyrrole nitrogens is 1. The fourth-order valence-electron chi connectivity index (χ4n) is 2.19.